The van der Waals surface area contributed by atoms with Crippen LogP contribution in [-0.2, 0) is 0 Å². The minimum absolute atomic E-state index is 0.0697. The summed E-state index contributed by atoms with van der Waals surface area (Å²) in [5.41, 5.74) is 7.42. The Bertz CT molecular complexity index is 872. The molecule has 25 heavy (non-hydrogen) atoms. The first-order valence-electron chi connectivity index (χ1n) is 7.23. The van der Waals surface area contributed by atoms with E-state index in [0.717, 1.165) is 0 Å². The molecule has 0 saturated heterocycles. The standard InChI is InChI=1S/C17H13F4N3O/c18-12-4-6-13(7-5-12)24-15(9-16(22)23-24)11-2-1-3-14(8-11)25-10-17(19,20)21/h1-9H,10H2,(H2,22,23). The van der Waals surface area contributed by atoms with E-state index in [1.54, 1.807) is 18.2 Å². The number of hydrogen-bond acceptors (Lipinski definition) is 3. The SMILES string of the molecule is Nc1cc(-c2cccc(OCC(F)(F)F)c2)n(-c2ccc(F)cc2)n1. The Kier molecular flexibility index (Phi) is 4.35. The van der Waals surface area contributed by atoms with Crippen LogP contribution in [0.25, 0.3) is 16.9 Å². The molecule has 0 aliphatic rings. The highest BCUT2D eigenvalue weighted by molar-refractivity contribution is 5.66. The Hall–Kier alpha value is -3.03. The van der Waals surface area contributed by atoms with Crippen LogP contribution in [0.5, 0.6) is 5.75 Å². The van der Waals surface area contributed by atoms with Crippen molar-refractivity contribution in [1.29, 1.82) is 0 Å². The summed E-state index contributed by atoms with van der Waals surface area (Å²) in [5, 5.41) is 4.15. The van der Waals surface area contributed by atoms with Gasteiger partial charge in [-0.05, 0) is 36.4 Å². The number of benzene rings is 2. The maximum atomic E-state index is 13.1. The summed E-state index contributed by atoms with van der Waals surface area (Å²) in [7, 11) is 0. The van der Waals surface area contributed by atoms with Crippen molar-refractivity contribution in [3.05, 3.63) is 60.4 Å². The van der Waals surface area contributed by atoms with Crippen molar-refractivity contribution >= 4 is 5.82 Å². The van der Waals surface area contributed by atoms with Gasteiger partial charge >= 0.3 is 6.18 Å². The lowest BCUT2D eigenvalue weighted by atomic mass is 10.1. The number of nitrogens with zero attached hydrogens (tertiary/aromatic N) is 2. The van der Waals surface area contributed by atoms with E-state index >= 15 is 0 Å². The summed E-state index contributed by atoms with van der Waals surface area (Å²) < 4.78 is 56.3. The third kappa shape index (κ3) is 4.09. The number of nitrogen functional groups attached to an aromatic ring is 1. The van der Waals surface area contributed by atoms with Crippen LogP contribution in [0.3, 0.4) is 0 Å². The summed E-state index contributed by atoms with van der Waals surface area (Å²) >= 11 is 0. The first kappa shape index (κ1) is 16.8. The van der Waals surface area contributed by atoms with Gasteiger partial charge in [0, 0.05) is 11.6 Å². The Morgan fingerprint density at radius 2 is 1.76 bits per heavy atom. The maximum Gasteiger partial charge on any atom is 0.422 e. The number of hydrogen-bond donors (Lipinski definition) is 1. The molecule has 0 aliphatic carbocycles. The lowest BCUT2D eigenvalue weighted by molar-refractivity contribution is -0.153. The molecule has 4 nitrogen and oxygen atoms in total. The van der Waals surface area contributed by atoms with Crippen LogP contribution in [-0.4, -0.2) is 22.6 Å². The van der Waals surface area contributed by atoms with Crippen LogP contribution in [0.2, 0.25) is 0 Å². The lowest BCUT2D eigenvalue weighted by Crippen LogP contribution is -2.19. The van der Waals surface area contributed by atoms with Crippen molar-refractivity contribution in [1.82, 2.24) is 9.78 Å². The Morgan fingerprint density at radius 1 is 1.04 bits per heavy atom. The van der Waals surface area contributed by atoms with Crippen LogP contribution in [0, 0.1) is 5.82 Å². The fourth-order valence-electron chi connectivity index (χ4n) is 2.29. The molecule has 0 unspecified atom stereocenters. The molecule has 0 radical (unpaired) electrons. The topological polar surface area (TPSA) is 53.1 Å². The van der Waals surface area contributed by atoms with E-state index in [4.69, 9.17) is 10.5 Å². The van der Waals surface area contributed by atoms with Crippen LogP contribution in [0.1, 0.15) is 0 Å². The van der Waals surface area contributed by atoms with Crippen LogP contribution in [0.4, 0.5) is 23.4 Å². The first-order valence-corrected chi connectivity index (χ1v) is 7.23. The second-order valence-corrected chi connectivity index (χ2v) is 5.27. The number of halogens is 4. The molecule has 1 aromatic heterocycles. The molecule has 1 heterocycles. The van der Waals surface area contributed by atoms with Gasteiger partial charge in [-0.25, -0.2) is 9.07 Å². The van der Waals surface area contributed by atoms with Gasteiger partial charge in [-0.3, -0.25) is 0 Å². The van der Waals surface area contributed by atoms with Gasteiger partial charge in [-0.1, -0.05) is 12.1 Å². The molecular weight excluding hydrogens is 338 g/mol. The Labute approximate surface area is 140 Å². The second kappa shape index (κ2) is 6.46. The normalized spacial score (nSPS) is 11.5. The Balaban J connectivity index is 1.96. The van der Waals surface area contributed by atoms with Crippen molar-refractivity contribution < 1.29 is 22.3 Å². The monoisotopic (exact) mass is 351 g/mol. The molecular formula is C17H13F4N3O. The summed E-state index contributed by atoms with van der Waals surface area (Å²) in [6.45, 7) is -1.38. The average Bonchev–Trinajstić information content (AvgIpc) is 2.95. The van der Waals surface area contributed by atoms with Gasteiger partial charge in [-0.2, -0.15) is 18.3 Å². The number of ether oxygens (including phenoxy) is 1. The van der Waals surface area contributed by atoms with Crippen LogP contribution >= 0.6 is 0 Å². The molecule has 3 aromatic rings. The molecule has 8 heteroatoms. The van der Waals surface area contributed by atoms with E-state index in [2.05, 4.69) is 5.10 Å². The molecule has 2 aromatic carbocycles. The zero-order valence-corrected chi connectivity index (χ0v) is 12.8. The van der Waals surface area contributed by atoms with Gasteiger partial charge < -0.3 is 10.5 Å². The number of alkyl halides is 3. The smallest absolute Gasteiger partial charge is 0.422 e. The van der Waals surface area contributed by atoms with Crippen molar-refractivity contribution in [3.8, 4) is 22.7 Å². The third-order valence-corrected chi connectivity index (χ3v) is 3.33. The molecule has 0 atom stereocenters. The van der Waals surface area contributed by atoms with E-state index in [1.165, 1.54) is 41.1 Å². The molecule has 0 bridgehead atoms. The summed E-state index contributed by atoms with van der Waals surface area (Å²) in [5.74, 6) is -0.103. The van der Waals surface area contributed by atoms with E-state index in [0.29, 0.717) is 16.9 Å². The van der Waals surface area contributed by atoms with Gasteiger partial charge in [0.05, 0.1) is 11.4 Å². The van der Waals surface area contributed by atoms with Crippen molar-refractivity contribution in [2.75, 3.05) is 12.3 Å². The lowest BCUT2D eigenvalue weighted by Gasteiger charge is -2.11. The molecule has 0 spiro atoms. The largest absolute Gasteiger partial charge is 0.484 e. The van der Waals surface area contributed by atoms with Crippen molar-refractivity contribution in [2.24, 2.45) is 0 Å². The number of rotatable bonds is 4. The van der Waals surface area contributed by atoms with Crippen molar-refractivity contribution in [2.45, 2.75) is 6.18 Å². The zero-order chi connectivity index (χ0) is 18.0. The quantitative estimate of drug-likeness (QED) is 0.717. The molecule has 0 amide bonds. The van der Waals surface area contributed by atoms with Gasteiger partial charge in [0.25, 0.3) is 0 Å². The van der Waals surface area contributed by atoms with E-state index < -0.39 is 18.6 Å². The third-order valence-electron chi connectivity index (χ3n) is 3.33. The average molecular weight is 351 g/mol. The fourth-order valence-corrected chi connectivity index (χ4v) is 2.29. The zero-order valence-electron chi connectivity index (χ0n) is 12.8. The highest BCUT2D eigenvalue weighted by atomic mass is 19.4. The molecule has 0 fully saturated rings. The van der Waals surface area contributed by atoms with Gasteiger partial charge in [0.2, 0.25) is 0 Å². The summed E-state index contributed by atoms with van der Waals surface area (Å²) in [6.07, 6.45) is -4.42. The molecule has 0 saturated carbocycles. The highest BCUT2D eigenvalue weighted by Gasteiger charge is 2.28. The predicted molar refractivity (Wildman–Crippen MR) is 84.9 cm³/mol. The summed E-state index contributed by atoms with van der Waals surface area (Å²) in [6, 6.07) is 13.3. The van der Waals surface area contributed by atoms with E-state index in [-0.39, 0.29) is 11.6 Å². The molecule has 0 aliphatic heterocycles. The van der Waals surface area contributed by atoms with Crippen LogP contribution < -0.4 is 10.5 Å². The molecule has 3 rings (SSSR count). The van der Waals surface area contributed by atoms with Crippen molar-refractivity contribution in [3.63, 3.8) is 0 Å². The van der Waals surface area contributed by atoms with E-state index in [1.807, 2.05) is 0 Å². The van der Waals surface area contributed by atoms with Gasteiger partial charge in [0.1, 0.15) is 17.4 Å². The summed E-state index contributed by atoms with van der Waals surface area (Å²) in [4.78, 5) is 0. The van der Waals surface area contributed by atoms with Gasteiger partial charge in [0.15, 0.2) is 6.61 Å². The molecule has 130 valence electrons. The molecule has 2 N–H and O–H groups in total. The highest BCUT2D eigenvalue weighted by Crippen LogP contribution is 2.28. The minimum atomic E-state index is -4.42. The predicted octanol–water partition coefficient (Wildman–Crippen LogP) is 4.20. The number of aromatic nitrogens is 2. The van der Waals surface area contributed by atoms with E-state index in [9.17, 15) is 17.6 Å². The fraction of sp³-hybridized carbons (Fsp3) is 0.118. The first-order chi connectivity index (χ1) is 11.8. The Morgan fingerprint density at radius 3 is 2.44 bits per heavy atom. The van der Waals surface area contributed by atoms with Crippen LogP contribution in [0.15, 0.2) is 54.6 Å². The second-order valence-electron chi connectivity index (χ2n) is 5.27. The number of anilines is 1. The maximum absolute atomic E-state index is 13.1. The number of nitrogens with two attached hydrogens (primary N) is 1. The minimum Gasteiger partial charge on any atom is -0.484 e. The van der Waals surface area contributed by atoms with Gasteiger partial charge in [-0.15, -0.1) is 0 Å².